The first-order valence-corrected chi connectivity index (χ1v) is 9.20. The number of hydrogen-bond acceptors (Lipinski definition) is 6. The molecule has 6 nitrogen and oxygen atoms in total. The molecule has 1 fully saturated rings. The Labute approximate surface area is 138 Å². The molecule has 1 aliphatic heterocycles. The summed E-state index contributed by atoms with van der Waals surface area (Å²) in [6.45, 7) is 7.33. The van der Waals surface area contributed by atoms with Gasteiger partial charge in [0.15, 0.2) is 5.82 Å². The quantitative estimate of drug-likeness (QED) is 0.794. The fourth-order valence-electron chi connectivity index (χ4n) is 2.67. The van der Waals surface area contributed by atoms with Crippen molar-refractivity contribution < 1.29 is 8.73 Å². The summed E-state index contributed by atoms with van der Waals surface area (Å²) in [6, 6.07) is 9.68. The normalized spacial score (nSPS) is 18.1. The molecule has 0 unspecified atom stereocenters. The van der Waals surface area contributed by atoms with Crippen molar-refractivity contribution in [1.29, 1.82) is 0 Å². The van der Waals surface area contributed by atoms with Crippen LogP contribution >= 0.6 is 0 Å². The molecule has 0 aliphatic carbocycles. The lowest BCUT2D eigenvalue weighted by atomic mass is 10.3. The van der Waals surface area contributed by atoms with Gasteiger partial charge in [0.2, 0.25) is 5.89 Å². The molecule has 0 N–H and O–H groups in total. The van der Waals surface area contributed by atoms with Crippen LogP contribution in [-0.4, -0.2) is 62.6 Å². The number of nitrogens with zero attached hydrogens (tertiary/aromatic N) is 4. The topological polar surface area (TPSA) is 62.5 Å². The van der Waals surface area contributed by atoms with Crippen molar-refractivity contribution in [3.05, 3.63) is 42.0 Å². The van der Waals surface area contributed by atoms with Crippen molar-refractivity contribution in [2.75, 3.05) is 38.5 Å². The van der Waals surface area contributed by atoms with Crippen molar-refractivity contribution in [3.8, 4) is 0 Å². The summed E-state index contributed by atoms with van der Waals surface area (Å²) in [7, 11) is -0.911. The van der Waals surface area contributed by atoms with Gasteiger partial charge < -0.3 is 4.52 Å². The predicted molar refractivity (Wildman–Crippen MR) is 88.5 cm³/mol. The minimum atomic E-state index is -0.911. The first-order valence-electron chi connectivity index (χ1n) is 7.88. The summed E-state index contributed by atoms with van der Waals surface area (Å²) in [4.78, 5) is 9.85. The second-order valence-corrected chi connectivity index (χ2v) is 7.29. The monoisotopic (exact) mass is 334 g/mol. The van der Waals surface area contributed by atoms with E-state index in [1.54, 1.807) is 0 Å². The van der Waals surface area contributed by atoms with E-state index in [-0.39, 0.29) is 0 Å². The zero-order valence-corrected chi connectivity index (χ0v) is 14.2. The molecule has 1 aromatic heterocycles. The van der Waals surface area contributed by atoms with Gasteiger partial charge in [-0.3, -0.25) is 14.0 Å². The van der Waals surface area contributed by atoms with Crippen LogP contribution in [0, 0.1) is 6.92 Å². The van der Waals surface area contributed by atoms with E-state index >= 15 is 0 Å². The molecule has 1 aliphatic rings. The largest absolute Gasteiger partial charge is 0.338 e. The highest BCUT2D eigenvalue weighted by molar-refractivity contribution is 7.85. The van der Waals surface area contributed by atoms with Crippen LogP contribution in [0.4, 0.5) is 0 Å². The lowest BCUT2D eigenvalue weighted by Gasteiger charge is -2.33. The second-order valence-electron chi connectivity index (χ2n) is 5.72. The van der Waals surface area contributed by atoms with Gasteiger partial charge in [0.05, 0.1) is 17.3 Å². The Morgan fingerprint density at radius 1 is 1.13 bits per heavy atom. The minimum absolute atomic E-state index is 0.682. The lowest BCUT2D eigenvalue weighted by molar-refractivity contribution is 0.121. The van der Waals surface area contributed by atoms with E-state index in [1.165, 1.54) is 0 Å². The first kappa shape index (κ1) is 16.3. The van der Waals surface area contributed by atoms with Crippen LogP contribution in [0.1, 0.15) is 11.7 Å². The van der Waals surface area contributed by atoms with Gasteiger partial charge in [0.25, 0.3) is 0 Å². The van der Waals surface area contributed by atoms with E-state index < -0.39 is 10.8 Å². The van der Waals surface area contributed by atoms with E-state index in [1.807, 2.05) is 37.3 Å². The van der Waals surface area contributed by atoms with Gasteiger partial charge in [-0.05, 0) is 19.1 Å². The predicted octanol–water partition coefficient (Wildman–Crippen LogP) is 1.30. The zero-order chi connectivity index (χ0) is 16.1. The van der Waals surface area contributed by atoms with E-state index in [9.17, 15) is 4.21 Å². The van der Waals surface area contributed by atoms with Crippen molar-refractivity contribution in [2.45, 2.75) is 18.4 Å². The average molecular weight is 334 g/mol. The summed E-state index contributed by atoms with van der Waals surface area (Å²) in [5.41, 5.74) is 0. The fourth-order valence-corrected chi connectivity index (χ4v) is 3.79. The molecule has 1 aromatic carbocycles. The molecule has 1 atom stereocenters. The molecular formula is C16H22N4O2S. The molecule has 7 heteroatoms. The summed E-state index contributed by atoms with van der Waals surface area (Å²) in [5, 5.41) is 3.82. The van der Waals surface area contributed by atoms with Crippen LogP contribution in [0.5, 0.6) is 0 Å². The molecule has 0 amide bonds. The number of aryl methyl sites for hydroxylation is 1. The third kappa shape index (κ3) is 4.70. The maximum absolute atomic E-state index is 12.2. The van der Waals surface area contributed by atoms with Crippen molar-refractivity contribution in [2.24, 2.45) is 0 Å². The molecule has 0 saturated carbocycles. The molecule has 124 valence electrons. The maximum Gasteiger partial charge on any atom is 0.240 e. The van der Waals surface area contributed by atoms with Gasteiger partial charge in [0.1, 0.15) is 0 Å². The molecule has 2 aromatic rings. The van der Waals surface area contributed by atoms with Gasteiger partial charge in [-0.25, -0.2) is 0 Å². The molecule has 0 spiro atoms. The van der Waals surface area contributed by atoms with Crippen molar-refractivity contribution in [1.82, 2.24) is 19.9 Å². The van der Waals surface area contributed by atoms with E-state index in [2.05, 4.69) is 19.9 Å². The smallest absolute Gasteiger partial charge is 0.240 e. The third-order valence-corrected chi connectivity index (χ3v) is 5.34. The van der Waals surface area contributed by atoms with Crippen molar-refractivity contribution >= 4 is 10.8 Å². The molecule has 3 rings (SSSR count). The van der Waals surface area contributed by atoms with Crippen LogP contribution in [0.15, 0.2) is 39.8 Å². The minimum Gasteiger partial charge on any atom is -0.338 e. The number of rotatable bonds is 6. The Kier molecular flexibility index (Phi) is 5.53. The van der Waals surface area contributed by atoms with Crippen molar-refractivity contribution in [3.63, 3.8) is 0 Å². The number of piperazine rings is 1. The molecule has 23 heavy (non-hydrogen) atoms. The first-order chi connectivity index (χ1) is 11.2. The second kappa shape index (κ2) is 7.81. The summed E-state index contributed by atoms with van der Waals surface area (Å²) in [5.74, 6) is 2.05. The highest BCUT2D eigenvalue weighted by atomic mass is 32.2. The van der Waals surface area contributed by atoms with E-state index in [4.69, 9.17) is 4.52 Å². The lowest BCUT2D eigenvalue weighted by Crippen LogP contribution is -2.46. The van der Waals surface area contributed by atoms with Crippen LogP contribution in [-0.2, 0) is 17.3 Å². The molecule has 0 radical (unpaired) electrons. The fraction of sp³-hybridized carbons (Fsp3) is 0.500. The highest BCUT2D eigenvalue weighted by Crippen LogP contribution is 2.09. The SMILES string of the molecule is Cc1noc(CN2CCN(CC[S@@](=O)c3ccccc3)CC2)n1. The van der Waals surface area contributed by atoms with E-state index in [0.717, 1.165) is 37.6 Å². The van der Waals surface area contributed by atoms with Gasteiger partial charge >= 0.3 is 0 Å². The molecule has 1 saturated heterocycles. The summed E-state index contributed by atoms with van der Waals surface area (Å²) >= 11 is 0. The van der Waals surface area contributed by atoms with Gasteiger partial charge in [-0.15, -0.1) is 0 Å². The van der Waals surface area contributed by atoms with Crippen LogP contribution in [0.25, 0.3) is 0 Å². The molecule has 0 bridgehead atoms. The molecule has 2 heterocycles. The van der Waals surface area contributed by atoms with Gasteiger partial charge in [-0.1, -0.05) is 23.4 Å². The number of benzene rings is 1. The average Bonchev–Trinajstić information content (AvgIpc) is 2.99. The van der Waals surface area contributed by atoms with Crippen LogP contribution in [0.3, 0.4) is 0 Å². The Bertz CT molecular complexity index is 639. The summed E-state index contributed by atoms with van der Waals surface area (Å²) in [6.07, 6.45) is 0. The standard InChI is InChI=1S/C16H22N4O2S/c1-14-17-16(22-18-14)13-20-9-7-19(8-10-20)11-12-23(21)15-5-3-2-4-6-15/h2-6H,7-13H2,1H3/t23-/m1/s1. The van der Waals surface area contributed by atoms with Crippen LogP contribution < -0.4 is 0 Å². The van der Waals surface area contributed by atoms with Gasteiger partial charge in [-0.2, -0.15) is 4.98 Å². The Balaban J connectivity index is 1.40. The number of aromatic nitrogens is 2. The highest BCUT2D eigenvalue weighted by Gasteiger charge is 2.19. The zero-order valence-electron chi connectivity index (χ0n) is 13.4. The third-order valence-electron chi connectivity index (χ3n) is 3.99. The Morgan fingerprint density at radius 3 is 2.48 bits per heavy atom. The van der Waals surface area contributed by atoms with E-state index in [0.29, 0.717) is 24.0 Å². The number of hydrogen-bond donors (Lipinski definition) is 0. The Hall–Kier alpha value is -1.57. The van der Waals surface area contributed by atoms with Gasteiger partial charge in [0, 0.05) is 43.4 Å². The maximum atomic E-state index is 12.2. The Morgan fingerprint density at radius 2 is 1.83 bits per heavy atom. The molecular weight excluding hydrogens is 312 g/mol. The summed E-state index contributed by atoms with van der Waals surface area (Å²) < 4.78 is 17.4. The van der Waals surface area contributed by atoms with Crippen LogP contribution in [0.2, 0.25) is 0 Å².